The van der Waals surface area contributed by atoms with Crippen molar-refractivity contribution in [2.45, 2.75) is 45.3 Å². The summed E-state index contributed by atoms with van der Waals surface area (Å²) in [6.45, 7) is 6.24. The molecule has 0 aliphatic carbocycles. The van der Waals surface area contributed by atoms with E-state index in [1.165, 1.54) is 12.0 Å². The molecule has 1 saturated heterocycles. The topological polar surface area (TPSA) is 41.3 Å². The van der Waals surface area contributed by atoms with Gasteiger partial charge in [0.25, 0.3) is 0 Å². The van der Waals surface area contributed by atoms with Gasteiger partial charge in [0.15, 0.2) is 5.76 Å². The predicted molar refractivity (Wildman–Crippen MR) is 87.5 cm³/mol. The first kappa shape index (κ1) is 15.3. The molecule has 0 radical (unpaired) electrons. The highest BCUT2D eigenvalue weighted by atomic mass is 16.5. The number of hydrogen-bond acceptors (Lipinski definition) is 4. The van der Waals surface area contributed by atoms with Crippen molar-refractivity contribution in [1.82, 2.24) is 15.4 Å². The molecule has 0 spiro atoms. The van der Waals surface area contributed by atoms with E-state index in [1.54, 1.807) is 0 Å². The molecule has 4 heteroatoms. The Labute approximate surface area is 132 Å². The Morgan fingerprint density at radius 2 is 2.18 bits per heavy atom. The van der Waals surface area contributed by atoms with Crippen molar-refractivity contribution in [3.63, 3.8) is 0 Å². The van der Waals surface area contributed by atoms with Gasteiger partial charge in [0.1, 0.15) is 0 Å². The number of rotatable bonds is 7. The first-order chi connectivity index (χ1) is 10.8. The van der Waals surface area contributed by atoms with Crippen molar-refractivity contribution in [2.75, 3.05) is 13.1 Å². The lowest BCUT2D eigenvalue weighted by molar-refractivity contribution is 0.314. The van der Waals surface area contributed by atoms with Crippen molar-refractivity contribution in [3.05, 3.63) is 53.4 Å². The first-order valence-electron chi connectivity index (χ1n) is 8.27. The minimum absolute atomic E-state index is 0.545. The first-order valence-corrected chi connectivity index (χ1v) is 8.27. The normalized spacial score (nSPS) is 18.9. The molecule has 1 atom stereocenters. The molecule has 4 nitrogen and oxygen atoms in total. The summed E-state index contributed by atoms with van der Waals surface area (Å²) in [5.74, 6) is 0.949. The third kappa shape index (κ3) is 4.18. The fourth-order valence-corrected chi connectivity index (χ4v) is 3.04. The van der Waals surface area contributed by atoms with Crippen molar-refractivity contribution < 1.29 is 4.52 Å². The van der Waals surface area contributed by atoms with Crippen LogP contribution in [0.15, 0.2) is 40.9 Å². The van der Waals surface area contributed by atoms with E-state index in [0.29, 0.717) is 6.04 Å². The van der Waals surface area contributed by atoms with Crippen LogP contribution in [0.1, 0.15) is 36.8 Å². The minimum Gasteiger partial charge on any atom is -0.360 e. The number of aryl methyl sites for hydroxylation is 1. The van der Waals surface area contributed by atoms with Crippen LogP contribution in [0, 0.1) is 0 Å². The summed E-state index contributed by atoms with van der Waals surface area (Å²) < 4.78 is 5.37. The van der Waals surface area contributed by atoms with Crippen LogP contribution in [0.5, 0.6) is 0 Å². The van der Waals surface area contributed by atoms with Gasteiger partial charge >= 0.3 is 0 Å². The summed E-state index contributed by atoms with van der Waals surface area (Å²) in [6.07, 6.45) is 3.30. The molecular weight excluding hydrogens is 274 g/mol. The largest absolute Gasteiger partial charge is 0.360 e. The highest BCUT2D eigenvalue weighted by Gasteiger charge is 2.22. The second-order valence-corrected chi connectivity index (χ2v) is 6.12. The second-order valence-electron chi connectivity index (χ2n) is 6.12. The summed E-state index contributed by atoms with van der Waals surface area (Å²) in [4.78, 5) is 2.51. The van der Waals surface area contributed by atoms with Crippen LogP contribution in [0.3, 0.4) is 0 Å². The Bertz CT molecular complexity index is 567. The molecule has 0 unspecified atom stereocenters. The van der Waals surface area contributed by atoms with E-state index in [0.717, 1.165) is 50.5 Å². The average Bonchev–Trinajstić information content (AvgIpc) is 3.16. The van der Waals surface area contributed by atoms with Crippen LogP contribution in [-0.2, 0) is 19.5 Å². The standard InChI is InChI=1S/C18H25N3O/c1-2-6-16-11-18(22-20-16)12-19-17-9-10-21(14-17)13-15-7-4-3-5-8-15/h3-5,7-8,11,17,19H,2,6,9-10,12-14H2,1H3/t17-/m1/s1. The molecular formula is C18H25N3O. The summed E-state index contributed by atoms with van der Waals surface area (Å²) in [6, 6.07) is 13.3. The molecule has 118 valence electrons. The van der Waals surface area contributed by atoms with E-state index in [4.69, 9.17) is 4.52 Å². The van der Waals surface area contributed by atoms with Crippen LogP contribution < -0.4 is 5.32 Å². The molecule has 2 heterocycles. The summed E-state index contributed by atoms with van der Waals surface area (Å²) in [5, 5.41) is 7.69. The molecule has 3 rings (SSSR count). The Kier molecular flexibility index (Phi) is 5.24. The third-order valence-electron chi connectivity index (χ3n) is 4.20. The Morgan fingerprint density at radius 1 is 1.32 bits per heavy atom. The zero-order valence-electron chi connectivity index (χ0n) is 13.3. The average molecular weight is 299 g/mol. The van der Waals surface area contributed by atoms with Crippen molar-refractivity contribution in [2.24, 2.45) is 0 Å². The number of nitrogens with one attached hydrogen (secondary N) is 1. The smallest absolute Gasteiger partial charge is 0.150 e. The maximum absolute atomic E-state index is 5.37. The summed E-state index contributed by atoms with van der Waals surface area (Å²) in [7, 11) is 0. The van der Waals surface area contributed by atoms with Gasteiger partial charge < -0.3 is 9.84 Å². The zero-order valence-corrected chi connectivity index (χ0v) is 13.3. The molecule has 2 aromatic rings. The minimum atomic E-state index is 0.545. The van der Waals surface area contributed by atoms with E-state index in [-0.39, 0.29) is 0 Å². The van der Waals surface area contributed by atoms with Crippen LogP contribution in [0.25, 0.3) is 0 Å². The molecule has 1 fully saturated rings. The Morgan fingerprint density at radius 3 is 3.00 bits per heavy atom. The van der Waals surface area contributed by atoms with Gasteiger partial charge in [-0.1, -0.05) is 48.8 Å². The Balaban J connectivity index is 1.42. The second kappa shape index (κ2) is 7.56. The molecule has 1 aromatic carbocycles. The van der Waals surface area contributed by atoms with Gasteiger partial charge in [0.2, 0.25) is 0 Å². The number of hydrogen-bond donors (Lipinski definition) is 1. The highest BCUT2D eigenvalue weighted by Crippen LogP contribution is 2.14. The molecule has 1 aliphatic heterocycles. The van der Waals surface area contributed by atoms with Gasteiger partial charge in [-0.25, -0.2) is 0 Å². The predicted octanol–water partition coefficient (Wildman–Crippen LogP) is 2.99. The summed E-state index contributed by atoms with van der Waals surface area (Å²) >= 11 is 0. The SMILES string of the molecule is CCCc1cc(CN[C@@H]2CCN(Cc3ccccc3)C2)on1. The number of aromatic nitrogens is 1. The molecule has 1 aromatic heterocycles. The number of nitrogens with zero attached hydrogens (tertiary/aromatic N) is 2. The lowest BCUT2D eigenvalue weighted by Crippen LogP contribution is -2.31. The molecule has 0 bridgehead atoms. The third-order valence-corrected chi connectivity index (χ3v) is 4.20. The van der Waals surface area contributed by atoms with E-state index in [2.05, 4.69) is 58.7 Å². The van der Waals surface area contributed by atoms with Gasteiger partial charge in [-0.3, -0.25) is 4.90 Å². The maximum atomic E-state index is 5.37. The zero-order chi connectivity index (χ0) is 15.2. The molecule has 1 N–H and O–H groups in total. The number of likely N-dealkylation sites (tertiary alicyclic amines) is 1. The molecule has 1 aliphatic rings. The van der Waals surface area contributed by atoms with Gasteiger partial charge in [-0.2, -0.15) is 0 Å². The van der Waals surface area contributed by atoms with Crippen LogP contribution >= 0.6 is 0 Å². The van der Waals surface area contributed by atoms with Gasteiger partial charge in [-0.05, 0) is 18.4 Å². The van der Waals surface area contributed by atoms with Crippen LogP contribution in [0.4, 0.5) is 0 Å². The summed E-state index contributed by atoms with van der Waals surface area (Å²) in [5.41, 5.74) is 2.46. The van der Waals surface area contributed by atoms with E-state index < -0.39 is 0 Å². The molecule has 0 saturated carbocycles. The lowest BCUT2D eigenvalue weighted by atomic mass is 10.2. The molecule has 0 amide bonds. The maximum Gasteiger partial charge on any atom is 0.150 e. The highest BCUT2D eigenvalue weighted by molar-refractivity contribution is 5.14. The van der Waals surface area contributed by atoms with Gasteiger partial charge in [0.05, 0.1) is 12.2 Å². The van der Waals surface area contributed by atoms with Crippen LogP contribution in [0.2, 0.25) is 0 Å². The fourth-order valence-electron chi connectivity index (χ4n) is 3.04. The van der Waals surface area contributed by atoms with E-state index in [1.807, 2.05) is 0 Å². The fraction of sp³-hybridized carbons (Fsp3) is 0.500. The van der Waals surface area contributed by atoms with Crippen LogP contribution in [-0.4, -0.2) is 29.2 Å². The van der Waals surface area contributed by atoms with Crippen molar-refractivity contribution in [1.29, 1.82) is 0 Å². The molecule has 22 heavy (non-hydrogen) atoms. The van der Waals surface area contributed by atoms with Crippen molar-refractivity contribution in [3.8, 4) is 0 Å². The number of benzene rings is 1. The van der Waals surface area contributed by atoms with E-state index >= 15 is 0 Å². The van der Waals surface area contributed by atoms with Crippen molar-refractivity contribution >= 4 is 0 Å². The van der Waals surface area contributed by atoms with E-state index in [9.17, 15) is 0 Å². The van der Waals surface area contributed by atoms with Gasteiger partial charge in [-0.15, -0.1) is 0 Å². The Hall–Kier alpha value is -1.65. The quantitative estimate of drug-likeness (QED) is 0.853. The lowest BCUT2D eigenvalue weighted by Gasteiger charge is -2.16. The monoisotopic (exact) mass is 299 g/mol. The van der Waals surface area contributed by atoms with Gasteiger partial charge in [0, 0.05) is 31.7 Å².